The Bertz CT molecular complexity index is 531. The van der Waals surface area contributed by atoms with E-state index in [2.05, 4.69) is 15.5 Å². The molecule has 2 aromatic rings. The molecule has 0 aliphatic heterocycles. The van der Waals surface area contributed by atoms with E-state index in [1.807, 2.05) is 30.3 Å². The van der Waals surface area contributed by atoms with Gasteiger partial charge in [0, 0.05) is 7.11 Å². The van der Waals surface area contributed by atoms with Crippen LogP contribution in [0.4, 0.5) is 0 Å². The topological polar surface area (TPSA) is 52.8 Å². The lowest BCUT2D eigenvalue weighted by Crippen LogP contribution is -2.34. The minimum absolute atomic E-state index is 0.336. The van der Waals surface area contributed by atoms with E-state index < -0.39 is 0 Å². The van der Waals surface area contributed by atoms with Crippen LogP contribution in [0.2, 0.25) is 0 Å². The number of hydrogen-bond donors (Lipinski definition) is 0. The summed E-state index contributed by atoms with van der Waals surface area (Å²) in [6, 6.07) is 9.97. The SMILES string of the molecule is COC1(c2nnnn2-c2ccccc2)CCCCC1. The molecular weight excluding hydrogens is 240 g/mol. The van der Waals surface area contributed by atoms with E-state index >= 15 is 0 Å². The van der Waals surface area contributed by atoms with Crippen LogP contribution in [0.15, 0.2) is 30.3 Å². The lowest BCUT2D eigenvalue weighted by molar-refractivity contribution is -0.0531. The predicted octanol–water partition coefficient (Wildman–Crippen LogP) is 2.47. The molecule has 0 saturated heterocycles. The minimum Gasteiger partial charge on any atom is -0.370 e. The number of para-hydroxylation sites is 1. The monoisotopic (exact) mass is 258 g/mol. The zero-order valence-electron chi connectivity index (χ0n) is 11.1. The first-order valence-corrected chi connectivity index (χ1v) is 6.75. The summed E-state index contributed by atoms with van der Waals surface area (Å²) < 4.78 is 7.62. The lowest BCUT2D eigenvalue weighted by Gasteiger charge is -2.34. The second kappa shape index (κ2) is 5.09. The molecule has 0 atom stereocenters. The summed E-state index contributed by atoms with van der Waals surface area (Å²) in [5.74, 6) is 0.820. The summed E-state index contributed by atoms with van der Waals surface area (Å²) in [5, 5.41) is 12.2. The van der Waals surface area contributed by atoms with E-state index in [1.54, 1.807) is 11.8 Å². The van der Waals surface area contributed by atoms with Crippen molar-refractivity contribution in [3.8, 4) is 5.69 Å². The van der Waals surface area contributed by atoms with E-state index in [9.17, 15) is 0 Å². The van der Waals surface area contributed by atoms with Crippen molar-refractivity contribution in [2.75, 3.05) is 7.11 Å². The highest BCUT2D eigenvalue weighted by Gasteiger charge is 2.39. The number of tetrazole rings is 1. The Morgan fingerprint density at radius 1 is 1.11 bits per heavy atom. The molecule has 1 aliphatic rings. The second-order valence-corrected chi connectivity index (χ2v) is 5.01. The molecule has 19 heavy (non-hydrogen) atoms. The Hall–Kier alpha value is -1.75. The summed E-state index contributed by atoms with van der Waals surface area (Å²) in [6.45, 7) is 0. The van der Waals surface area contributed by atoms with Crippen molar-refractivity contribution in [3.63, 3.8) is 0 Å². The van der Waals surface area contributed by atoms with Gasteiger partial charge in [0.25, 0.3) is 0 Å². The maximum Gasteiger partial charge on any atom is 0.188 e. The number of ether oxygens (including phenoxy) is 1. The molecule has 1 heterocycles. The number of methoxy groups -OCH3 is 1. The van der Waals surface area contributed by atoms with Crippen molar-refractivity contribution >= 4 is 0 Å². The molecule has 0 unspecified atom stereocenters. The van der Waals surface area contributed by atoms with Crippen LogP contribution < -0.4 is 0 Å². The number of nitrogens with zero attached hydrogens (tertiary/aromatic N) is 4. The molecule has 3 rings (SSSR count). The van der Waals surface area contributed by atoms with Gasteiger partial charge in [0.1, 0.15) is 5.60 Å². The maximum absolute atomic E-state index is 5.82. The summed E-state index contributed by atoms with van der Waals surface area (Å²) in [7, 11) is 1.76. The van der Waals surface area contributed by atoms with E-state index in [1.165, 1.54) is 6.42 Å². The molecule has 1 fully saturated rings. The molecule has 5 heteroatoms. The van der Waals surface area contributed by atoms with Crippen LogP contribution in [0.5, 0.6) is 0 Å². The fourth-order valence-electron chi connectivity index (χ4n) is 2.86. The third-order valence-corrected chi connectivity index (χ3v) is 3.93. The molecule has 1 aromatic carbocycles. The number of rotatable bonds is 3. The van der Waals surface area contributed by atoms with Crippen LogP contribution >= 0.6 is 0 Å². The van der Waals surface area contributed by atoms with Crippen molar-refractivity contribution in [2.24, 2.45) is 0 Å². The van der Waals surface area contributed by atoms with Crippen LogP contribution in [0.1, 0.15) is 37.9 Å². The Morgan fingerprint density at radius 3 is 2.53 bits per heavy atom. The number of aromatic nitrogens is 4. The third-order valence-electron chi connectivity index (χ3n) is 3.93. The molecule has 0 bridgehead atoms. The summed E-state index contributed by atoms with van der Waals surface area (Å²) in [6.07, 6.45) is 5.55. The molecular formula is C14H18N4O. The van der Waals surface area contributed by atoms with Gasteiger partial charge in [-0.2, -0.15) is 4.68 Å². The van der Waals surface area contributed by atoms with E-state index in [4.69, 9.17) is 4.74 Å². The molecule has 0 N–H and O–H groups in total. The van der Waals surface area contributed by atoms with Crippen LogP contribution in [0.3, 0.4) is 0 Å². The van der Waals surface area contributed by atoms with Gasteiger partial charge in [-0.1, -0.05) is 37.5 Å². The van der Waals surface area contributed by atoms with Gasteiger partial charge < -0.3 is 4.74 Å². The standard InChI is InChI=1S/C14H18N4O/c1-19-14(10-6-3-7-11-14)13-15-16-17-18(13)12-8-4-2-5-9-12/h2,4-5,8-9H,3,6-7,10-11H2,1H3. The Morgan fingerprint density at radius 2 is 1.84 bits per heavy atom. The van der Waals surface area contributed by atoms with E-state index in [0.29, 0.717) is 0 Å². The van der Waals surface area contributed by atoms with Crippen molar-refractivity contribution in [1.82, 2.24) is 20.2 Å². The van der Waals surface area contributed by atoms with Gasteiger partial charge in [-0.05, 0) is 35.4 Å². The molecule has 1 aliphatic carbocycles. The van der Waals surface area contributed by atoms with Gasteiger partial charge in [0.15, 0.2) is 5.82 Å². The fraction of sp³-hybridized carbons (Fsp3) is 0.500. The van der Waals surface area contributed by atoms with Crippen molar-refractivity contribution in [2.45, 2.75) is 37.7 Å². The Kier molecular flexibility index (Phi) is 3.29. The van der Waals surface area contributed by atoms with Crippen molar-refractivity contribution in [3.05, 3.63) is 36.2 Å². The first-order chi connectivity index (χ1) is 9.36. The minimum atomic E-state index is -0.336. The first kappa shape index (κ1) is 12.3. The van der Waals surface area contributed by atoms with Gasteiger partial charge in [0.05, 0.1) is 5.69 Å². The van der Waals surface area contributed by atoms with Crippen LogP contribution in [0, 0.1) is 0 Å². The van der Waals surface area contributed by atoms with Gasteiger partial charge in [-0.3, -0.25) is 0 Å². The Labute approximate surface area is 112 Å². The summed E-state index contributed by atoms with van der Waals surface area (Å²) in [5.41, 5.74) is 0.641. The maximum atomic E-state index is 5.82. The zero-order chi connectivity index (χ0) is 13.1. The normalized spacial score (nSPS) is 18.4. The fourth-order valence-corrected chi connectivity index (χ4v) is 2.86. The molecule has 1 saturated carbocycles. The third kappa shape index (κ3) is 2.14. The van der Waals surface area contributed by atoms with Crippen LogP contribution in [-0.2, 0) is 10.3 Å². The zero-order valence-corrected chi connectivity index (χ0v) is 11.1. The van der Waals surface area contributed by atoms with Crippen molar-refractivity contribution in [1.29, 1.82) is 0 Å². The van der Waals surface area contributed by atoms with Gasteiger partial charge in [-0.25, -0.2) is 0 Å². The average Bonchev–Trinajstić information content (AvgIpc) is 2.99. The Balaban J connectivity index is 2.04. The smallest absolute Gasteiger partial charge is 0.188 e. The first-order valence-electron chi connectivity index (χ1n) is 6.75. The van der Waals surface area contributed by atoms with Crippen LogP contribution in [-0.4, -0.2) is 27.3 Å². The molecule has 100 valence electrons. The van der Waals surface area contributed by atoms with Gasteiger partial charge in [0.2, 0.25) is 0 Å². The van der Waals surface area contributed by atoms with E-state index in [-0.39, 0.29) is 5.60 Å². The van der Waals surface area contributed by atoms with Crippen molar-refractivity contribution < 1.29 is 4.74 Å². The number of hydrogen-bond acceptors (Lipinski definition) is 4. The summed E-state index contributed by atoms with van der Waals surface area (Å²) >= 11 is 0. The lowest BCUT2D eigenvalue weighted by atomic mass is 9.84. The predicted molar refractivity (Wildman–Crippen MR) is 70.9 cm³/mol. The molecule has 0 amide bonds. The largest absolute Gasteiger partial charge is 0.370 e. The second-order valence-electron chi connectivity index (χ2n) is 5.01. The average molecular weight is 258 g/mol. The molecule has 1 aromatic heterocycles. The molecule has 5 nitrogen and oxygen atoms in total. The van der Waals surface area contributed by atoms with Gasteiger partial charge in [-0.15, -0.1) is 5.10 Å². The van der Waals surface area contributed by atoms with Crippen LogP contribution in [0.25, 0.3) is 5.69 Å². The highest BCUT2D eigenvalue weighted by Crippen LogP contribution is 2.39. The van der Waals surface area contributed by atoms with E-state index in [0.717, 1.165) is 37.2 Å². The quantitative estimate of drug-likeness (QED) is 0.848. The van der Waals surface area contributed by atoms with Gasteiger partial charge >= 0.3 is 0 Å². The number of benzene rings is 1. The highest BCUT2D eigenvalue weighted by atomic mass is 16.5. The molecule has 0 radical (unpaired) electrons. The molecule has 0 spiro atoms. The highest BCUT2D eigenvalue weighted by molar-refractivity contribution is 5.31. The summed E-state index contributed by atoms with van der Waals surface area (Å²) in [4.78, 5) is 0.